The van der Waals surface area contributed by atoms with E-state index >= 15 is 0 Å². The Hall–Kier alpha value is -2.37. The van der Waals surface area contributed by atoms with Gasteiger partial charge in [-0.15, -0.1) is 0 Å². The Bertz CT molecular complexity index is 603. The molecule has 5 nitrogen and oxygen atoms in total. The Morgan fingerprint density at radius 3 is 2.32 bits per heavy atom. The van der Waals surface area contributed by atoms with E-state index in [9.17, 15) is 14.0 Å². The van der Waals surface area contributed by atoms with Gasteiger partial charge in [0.05, 0.1) is 6.33 Å². The molecular formula is C19H26FNO4. The molecule has 0 aliphatic carbocycles. The lowest BCUT2D eigenvalue weighted by Crippen LogP contribution is -2.23. The lowest BCUT2D eigenvalue weighted by molar-refractivity contribution is -0.154. The number of carbonyl (C=O) groups excluding carboxylic acids is 2. The summed E-state index contributed by atoms with van der Waals surface area (Å²) in [6.45, 7) is 7.17. The number of halogens is 1. The van der Waals surface area contributed by atoms with Gasteiger partial charge in [0.2, 0.25) is 5.91 Å². The van der Waals surface area contributed by atoms with Crippen molar-refractivity contribution < 1.29 is 23.5 Å². The van der Waals surface area contributed by atoms with Crippen molar-refractivity contribution in [3.05, 3.63) is 36.2 Å². The largest absolute Gasteiger partial charge is 0.489 e. The van der Waals surface area contributed by atoms with Crippen LogP contribution >= 0.6 is 0 Å². The Morgan fingerprint density at radius 2 is 1.80 bits per heavy atom. The van der Waals surface area contributed by atoms with Gasteiger partial charge in [0.1, 0.15) is 18.0 Å². The average Bonchev–Trinajstić information content (AvgIpc) is 2.54. The Kier molecular flexibility index (Phi) is 8.11. The first kappa shape index (κ1) is 20.7. The van der Waals surface area contributed by atoms with Crippen LogP contribution in [-0.4, -0.2) is 24.1 Å². The van der Waals surface area contributed by atoms with Gasteiger partial charge >= 0.3 is 5.97 Å². The summed E-state index contributed by atoms with van der Waals surface area (Å²) in [7, 11) is 0. The van der Waals surface area contributed by atoms with Gasteiger partial charge in [-0.2, -0.15) is 0 Å². The summed E-state index contributed by atoms with van der Waals surface area (Å²) in [5.41, 5.74) is 0.488. The summed E-state index contributed by atoms with van der Waals surface area (Å²) in [4.78, 5) is 23.0. The zero-order valence-corrected chi connectivity index (χ0v) is 15.2. The van der Waals surface area contributed by atoms with E-state index < -0.39 is 5.60 Å². The fourth-order valence-corrected chi connectivity index (χ4v) is 1.87. The molecule has 0 heterocycles. The highest BCUT2D eigenvalue weighted by Gasteiger charge is 2.16. The predicted molar refractivity (Wildman–Crippen MR) is 95.1 cm³/mol. The minimum absolute atomic E-state index is 0.0416. The fraction of sp³-hybridized carbons (Fsp3) is 0.474. The quantitative estimate of drug-likeness (QED) is 0.706. The molecule has 0 atom stereocenters. The molecule has 25 heavy (non-hydrogen) atoms. The van der Waals surface area contributed by atoms with E-state index in [1.54, 1.807) is 52.0 Å². The van der Waals surface area contributed by atoms with Crippen LogP contribution in [0.3, 0.4) is 0 Å². The number of benzene rings is 1. The number of carbonyl (C=O) groups is 2. The molecule has 0 saturated heterocycles. The molecule has 0 aliphatic rings. The van der Waals surface area contributed by atoms with Crippen molar-refractivity contribution in [3.8, 4) is 5.75 Å². The minimum Gasteiger partial charge on any atom is -0.489 e. The van der Waals surface area contributed by atoms with Crippen LogP contribution in [-0.2, 0) is 14.3 Å². The van der Waals surface area contributed by atoms with Crippen LogP contribution < -0.4 is 10.1 Å². The highest BCUT2D eigenvalue weighted by Crippen LogP contribution is 2.18. The Balaban J connectivity index is 2.44. The van der Waals surface area contributed by atoms with Crippen LogP contribution in [0, 0.1) is 0 Å². The first-order valence-corrected chi connectivity index (χ1v) is 8.26. The van der Waals surface area contributed by atoms with Gasteiger partial charge in [-0.1, -0.05) is 6.92 Å². The van der Waals surface area contributed by atoms with Crippen LogP contribution in [0.4, 0.5) is 10.1 Å². The van der Waals surface area contributed by atoms with Crippen molar-refractivity contribution >= 4 is 17.6 Å². The molecule has 6 heteroatoms. The Morgan fingerprint density at radius 1 is 1.16 bits per heavy atom. The zero-order chi connectivity index (χ0) is 18.9. The summed E-state index contributed by atoms with van der Waals surface area (Å²) >= 11 is 0. The molecule has 0 fully saturated rings. The first-order valence-electron chi connectivity index (χ1n) is 8.26. The van der Waals surface area contributed by atoms with E-state index in [1.807, 2.05) is 0 Å². The average molecular weight is 351 g/mol. The molecule has 1 rings (SSSR count). The van der Waals surface area contributed by atoms with Crippen LogP contribution in [0.1, 0.15) is 47.0 Å². The van der Waals surface area contributed by atoms with Crippen molar-refractivity contribution in [2.75, 3.05) is 11.9 Å². The van der Waals surface area contributed by atoms with E-state index in [1.165, 1.54) is 0 Å². The monoisotopic (exact) mass is 351 g/mol. The normalized spacial score (nSPS) is 11.8. The van der Waals surface area contributed by atoms with Gasteiger partial charge in [0.15, 0.2) is 0 Å². The van der Waals surface area contributed by atoms with Crippen LogP contribution in [0.5, 0.6) is 5.75 Å². The second kappa shape index (κ2) is 9.81. The fourth-order valence-electron chi connectivity index (χ4n) is 1.87. The summed E-state index contributed by atoms with van der Waals surface area (Å²) in [5.74, 6) is 0.104. The lowest BCUT2D eigenvalue weighted by atomic mass is 10.1. The summed E-state index contributed by atoms with van der Waals surface area (Å²) in [5, 5.41) is 2.73. The maximum atomic E-state index is 13.0. The second-order valence-corrected chi connectivity index (χ2v) is 6.57. The number of hydrogen-bond acceptors (Lipinski definition) is 4. The molecule has 0 saturated carbocycles. The van der Waals surface area contributed by atoms with Gasteiger partial charge < -0.3 is 14.8 Å². The molecule has 0 spiro atoms. The summed E-state index contributed by atoms with van der Waals surface area (Å²) in [6.07, 6.45) is 1.19. The number of rotatable bonds is 8. The molecule has 138 valence electrons. The summed E-state index contributed by atoms with van der Waals surface area (Å²) in [6, 6.07) is 6.80. The van der Waals surface area contributed by atoms with E-state index in [0.29, 0.717) is 29.8 Å². The third-order valence-corrected chi connectivity index (χ3v) is 3.11. The van der Waals surface area contributed by atoms with Gasteiger partial charge in [-0.05, 0) is 57.0 Å². The second-order valence-electron chi connectivity index (χ2n) is 6.57. The lowest BCUT2D eigenvalue weighted by Gasteiger charge is -2.19. The number of nitrogens with one attached hydrogen (secondary N) is 1. The smallest absolute Gasteiger partial charge is 0.306 e. The third-order valence-electron chi connectivity index (χ3n) is 3.11. The number of ether oxygens (including phenoxy) is 2. The van der Waals surface area contributed by atoms with Crippen LogP contribution in [0.15, 0.2) is 36.2 Å². The van der Waals surface area contributed by atoms with Gasteiger partial charge in [-0.25, -0.2) is 4.39 Å². The maximum absolute atomic E-state index is 13.0. The SMILES string of the molecule is CCC(=O)Nc1ccc(OC/C(=C/F)CCC(=O)OC(C)(C)C)cc1. The van der Waals surface area contributed by atoms with E-state index in [0.717, 1.165) is 0 Å². The van der Waals surface area contributed by atoms with Crippen molar-refractivity contribution in [2.24, 2.45) is 0 Å². The van der Waals surface area contributed by atoms with Crippen LogP contribution in [0.2, 0.25) is 0 Å². The molecule has 0 unspecified atom stereocenters. The molecule has 1 N–H and O–H groups in total. The van der Waals surface area contributed by atoms with E-state index in [2.05, 4.69) is 5.32 Å². The first-order chi connectivity index (χ1) is 11.7. The molecule has 0 aromatic heterocycles. The number of esters is 1. The van der Waals surface area contributed by atoms with Crippen molar-refractivity contribution in [2.45, 2.75) is 52.6 Å². The zero-order valence-electron chi connectivity index (χ0n) is 15.2. The number of anilines is 1. The van der Waals surface area contributed by atoms with Gasteiger partial charge in [0, 0.05) is 18.5 Å². The van der Waals surface area contributed by atoms with Gasteiger partial charge in [0.25, 0.3) is 0 Å². The third kappa shape index (κ3) is 8.88. The van der Waals surface area contributed by atoms with E-state index in [4.69, 9.17) is 9.47 Å². The molecular weight excluding hydrogens is 325 g/mol. The molecule has 0 radical (unpaired) electrons. The maximum Gasteiger partial charge on any atom is 0.306 e. The number of amides is 1. The predicted octanol–water partition coefficient (Wildman–Crippen LogP) is 4.39. The standard InChI is InChI=1S/C19H26FNO4/c1-5-17(22)21-15-7-9-16(10-8-15)24-13-14(12-20)6-11-18(23)25-19(2,3)4/h7-10,12H,5-6,11,13H2,1-4H3,(H,21,22)/b14-12+. The molecule has 0 aliphatic heterocycles. The highest BCUT2D eigenvalue weighted by atomic mass is 19.1. The molecule has 1 aromatic rings. The van der Waals surface area contributed by atoms with Crippen molar-refractivity contribution in [1.29, 1.82) is 0 Å². The van der Waals surface area contributed by atoms with Crippen molar-refractivity contribution in [1.82, 2.24) is 0 Å². The number of hydrogen-bond donors (Lipinski definition) is 1. The molecule has 0 bridgehead atoms. The topological polar surface area (TPSA) is 64.6 Å². The highest BCUT2D eigenvalue weighted by molar-refractivity contribution is 5.90. The van der Waals surface area contributed by atoms with Gasteiger partial charge in [-0.3, -0.25) is 9.59 Å². The Labute approximate surface area is 148 Å². The van der Waals surface area contributed by atoms with Crippen LogP contribution in [0.25, 0.3) is 0 Å². The summed E-state index contributed by atoms with van der Waals surface area (Å²) < 4.78 is 23.6. The molecule has 1 aromatic carbocycles. The van der Waals surface area contributed by atoms with E-state index in [-0.39, 0.29) is 31.3 Å². The molecule has 1 amide bonds. The van der Waals surface area contributed by atoms with Crippen molar-refractivity contribution in [3.63, 3.8) is 0 Å². The minimum atomic E-state index is -0.553.